The number of hydrogen-bond acceptors (Lipinski definition) is 18. The molecule has 18 nitrogen and oxygen atoms in total. The monoisotopic (exact) mass is 1190 g/mol. The van der Waals surface area contributed by atoms with Crippen molar-refractivity contribution in [1.82, 2.24) is 0 Å². The van der Waals surface area contributed by atoms with Gasteiger partial charge < -0.3 is 47.4 Å². The first-order valence-electron chi connectivity index (χ1n) is 29.2. The lowest BCUT2D eigenvalue weighted by Crippen LogP contribution is -2.61. The van der Waals surface area contributed by atoms with Crippen molar-refractivity contribution in [1.29, 1.82) is 0 Å². The van der Waals surface area contributed by atoms with Crippen molar-refractivity contribution < 1.29 is 85.7 Å². The van der Waals surface area contributed by atoms with Gasteiger partial charge in [0.25, 0.3) is 0 Å². The largest absolute Gasteiger partial charge is 0.462 e. The maximum Gasteiger partial charge on any atom is 0.311 e. The number of hydrogen-bond donors (Lipinski definition) is 0. The number of ether oxygens (including phenoxy) is 10. The first-order chi connectivity index (χ1) is 38.4. The summed E-state index contributed by atoms with van der Waals surface area (Å²) in [4.78, 5) is 110. The van der Waals surface area contributed by atoms with E-state index in [-0.39, 0.29) is 0 Å². The van der Waals surface area contributed by atoms with E-state index in [0.29, 0.717) is 16.7 Å². The van der Waals surface area contributed by atoms with Gasteiger partial charge in [0.1, 0.15) is 37.6 Å². The molecular weight excluding hydrogens is 1090 g/mol. The van der Waals surface area contributed by atoms with Gasteiger partial charge in [-0.25, -0.2) is 0 Å². The van der Waals surface area contributed by atoms with Gasteiger partial charge in [-0.2, -0.15) is 0 Å². The molecule has 0 N–H and O–H groups in total. The minimum absolute atomic E-state index is 0.404. The molecule has 0 unspecified atom stereocenters. The lowest BCUT2D eigenvalue weighted by molar-refractivity contribution is -0.262. The van der Waals surface area contributed by atoms with Gasteiger partial charge in [0, 0.05) is 0 Å². The van der Waals surface area contributed by atoms with Crippen LogP contribution in [-0.2, 0) is 85.7 Å². The zero-order valence-electron chi connectivity index (χ0n) is 55.2. The second-order valence-corrected chi connectivity index (χ2v) is 30.7. The van der Waals surface area contributed by atoms with Gasteiger partial charge in [-0.15, -0.1) is 0 Å². The van der Waals surface area contributed by atoms with Crippen molar-refractivity contribution in [2.24, 2.45) is 43.3 Å². The van der Waals surface area contributed by atoms with Crippen molar-refractivity contribution in [3.8, 4) is 0 Å². The highest BCUT2D eigenvalue weighted by Crippen LogP contribution is 2.43. The Hall–Kier alpha value is -6.14. The van der Waals surface area contributed by atoms with Crippen LogP contribution >= 0.6 is 0 Å². The molecule has 2 fully saturated rings. The Morgan fingerprint density at radius 3 is 0.941 bits per heavy atom. The first-order valence-corrected chi connectivity index (χ1v) is 29.2. The third-order valence-corrected chi connectivity index (χ3v) is 13.7. The van der Waals surface area contributed by atoms with Crippen LogP contribution in [0.5, 0.6) is 0 Å². The molecule has 0 aromatic heterocycles. The van der Waals surface area contributed by atoms with Crippen molar-refractivity contribution in [2.45, 2.75) is 234 Å². The summed E-state index contributed by atoms with van der Waals surface area (Å²) < 4.78 is 62.6. The van der Waals surface area contributed by atoms with E-state index in [4.69, 9.17) is 47.4 Å². The summed E-state index contributed by atoms with van der Waals surface area (Å²) in [5.41, 5.74) is -4.88. The predicted octanol–water partition coefficient (Wildman–Crippen LogP) is 12.0. The maximum atomic E-state index is 14.0. The Morgan fingerprint density at radius 2 is 0.624 bits per heavy atom. The molecule has 2 heterocycles. The highest BCUT2D eigenvalue weighted by Gasteiger charge is 2.57. The third kappa shape index (κ3) is 19.4. The van der Waals surface area contributed by atoms with Crippen LogP contribution in [0.3, 0.4) is 0 Å². The third-order valence-electron chi connectivity index (χ3n) is 13.7. The number of esters is 8. The fourth-order valence-electron chi connectivity index (χ4n) is 8.09. The molecule has 2 aliphatic rings. The van der Waals surface area contributed by atoms with Crippen LogP contribution in [0.25, 0.3) is 12.2 Å². The van der Waals surface area contributed by atoms with E-state index in [9.17, 15) is 38.4 Å². The van der Waals surface area contributed by atoms with Crippen LogP contribution in [0.4, 0.5) is 0 Å². The minimum Gasteiger partial charge on any atom is -0.462 e. The zero-order chi connectivity index (χ0) is 65.1. The first kappa shape index (κ1) is 71.3. The molecule has 2 aliphatic heterocycles. The molecule has 2 saturated heterocycles. The van der Waals surface area contributed by atoms with Crippen LogP contribution in [0.2, 0.25) is 0 Å². The maximum absolute atomic E-state index is 14.0. The van der Waals surface area contributed by atoms with E-state index in [0.717, 1.165) is 11.1 Å². The standard InChI is InChI=1S/C67H98O18/c1-37-34-39(30-33-41(37)45-49(83-57(73)65(17,18)19)51(85-59(75)67(23,24)25)47(81-55(71)63(11,12)13)43(79-45)36-77-53(69)61(5,6)7)27-26-38-28-31-40(32-29-38)44-48(82-56(72)64(14,15)16)50(84-58(74)66(20,21)22)46(80-54(70)62(8,9)10)42(78-44)35-76-52(68)60(2,3)4/h26-34,42-51H,35-36H2,1-25H3/t42-,43-,44-,45-,46-,47-,48-,49-,50+,51+/m1/s1. The van der Waals surface area contributed by atoms with E-state index < -0.39 is 165 Å². The van der Waals surface area contributed by atoms with Gasteiger partial charge >= 0.3 is 47.8 Å². The van der Waals surface area contributed by atoms with Gasteiger partial charge in [-0.1, -0.05) is 54.6 Å². The summed E-state index contributed by atoms with van der Waals surface area (Å²) in [7, 11) is 0. The quantitative estimate of drug-likeness (QED) is 0.0972. The molecule has 0 bridgehead atoms. The average Bonchev–Trinajstić information content (AvgIpc) is 2.84. The van der Waals surface area contributed by atoms with Gasteiger partial charge in [0.05, 0.1) is 43.3 Å². The predicted molar refractivity (Wildman–Crippen MR) is 319 cm³/mol. The number of benzene rings is 2. The van der Waals surface area contributed by atoms with E-state index >= 15 is 0 Å². The number of rotatable bonds is 14. The SMILES string of the molecule is Cc1cc(C=Cc2ccc([C@H]3O[C@H](COC(=O)C(C)(C)C)[C@@H](OC(=O)C(C)(C)C)[C@H](OC(=O)C(C)(C)C)[C@@H]3OC(=O)C(C)(C)C)cc2)ccc1[C@H]1O[C@H](COC(=O)C(C)(C)C)[C@@H](OC(=O)C(C)(C)C)[C@H](OC(=O)C(C)(C)C)[C@@H]1OC(=O)C(C)(C)C. The Morgan fingerprint density at radius 1 is 0.353 bits per heavy atom. The van der Waals surface area contributed by atoms with E-state index in [1.807, 2.05) is 43.3 Å². The van der Waals surface area contributed by atoms with E-state index in [1.54, 1.807) is 184 Å². The Balaban J connectivity index is 1.86. The topological polar surface area (TPSA) is 229 Å². The Kier molecular flexibility index (Phi) is 22.2. The normalized spacial score (nSPS) is 23.7. The molecule has 10 atom stereocenters. The van der Waals surface area contributed by atoms with Crippen LogP contribution in [0.1, 0.15) is 206 Å². The van der Waals surface area contributed by atoms with Crippen LogP contribution < -0.4 is 0 Å². The summed E-state index contributed by atoms with van der Waals surface area (Å²) in [5.74, 6) is -5.06. The van der Waals surface area contributed by atoms with Crippen LogP contribution in [0.15, 0.2) is 42.5 Å². The lowest BCUT2D eigenvalue weighted by Gasteiger charge is -2.46. The van der Waals surface area contributed by atoms with Crippen LogP contribution in [0, 0.1) is 50.2 Å². The molecule has 2 aromatic rings. The molecule has 0 radical (unpaired) electrons. The van der Waals surface area contributed by atoms with Gasteiger partial charge in [0.15, 0.2) is 36.6 Å². The smallest absolute Gasteiger partial charge is 0.311 e. The van der Waals surface area contributed by atoms with Crippen molar-refractivity contribution >= 4 is 59.9 Å². The molecule has 0 aliphatic carbocycles. The number of carbonyl (C=O) groups is 8. The fraction of sp³-hybridized carbons (Fsp3) is 0.672. The van der Waals surface area contributed by atoms with E-state index in [2.05, 4.69) is 0 Å². The molecular formula is C67H98O18. The van der Waals surface area contributed by atoms with Crippen molar-refractivity contribution in [3.63, 3.8) is 0 Å². The molecule has 85 heavy (non-hydrogen) atoms. The summed E-state index contributed by atoms with van der Waals surface area (Å²) >= 11 is 0. The van der Waals surface area contributed by atoms with Crippen molar-refractivity contribution in [2.75, 3.05) is 13.2 Å². The number of aryl methyl sites for hydroxylation is 1. The van der Waals surface area contributed by atoms with Gasteiger partial charge in [-0.05, 0) is 201 Å². The average molecular weight is 1190 g/mol. The van der Waals surface area contributed by atoms with Crippen molar-refractivity contribution in [3.05, 3.63) is 70.3 Å². The highest BCUT2D eigenvalue weighted by atomic mass is 16.7. The molecule has 2 aromatic carbocycles. The Labute approximate surface area is 504 Å². The molecule has 0 saturated carbocycles. The Bertz CT molecular complexity index is 2770. The minimum atomic E-state index is -1.43. The van der Waals surface area contributed by atoms with Gasteiger partial charge in [-0.3, -0.25) is 38.4 Å². The van der Waals surface area contributed by atoms with Crippen LogP contribution in [-0.4, -0.2) is 110 Å². The molecule has 4 rings (SSSR count). The molecule has 0 spiro atoms. The van der Waals surface area contributed by atoms with E-state index in [1.165, 1.54) is 0 Å². The summed E-state index contributed by atoms with van der Waals surface area (Å²) in [5, 5.41) is 0. The number of carbonyl (C=O) groups excluding carboxylic acids is 8. The lowest BCUT2D eigenvalue weighted by atomic mass is 9.87. The summed E-state index contributed by atoms with van der Waals surface area (Å²) in [6.45, 7) is 41.2. The summed E-state index contributed by atoms with van der Waals surface area (Å²) in [6.07, 6.45) is -9.35. The second kappa shape index (κ2) is 26.5. The van der Waals surface area contributed by atoms with Gasteiger partial charge in [0.2, 0.25) is 0 Å². The zero-order valence-corrected chi connectivity index (χ0v) is 55.2. The molecule has 474 valence electrons. The summed E-state index contributed by atoms with van der Waals surface area (Å²) in [6, 6.07) is 12.7. The molecule has 0 amide bonds. The highest BCUT2D eigenvalue weighted by molar-refractivity contribution is 5.80. The second-order valence-electron chi connectivity index (χ2n) is 30.7. The molecule has 18 heteroatoms. The fourth-order valence-corrected chi connectivity index (χ4v) is 8.09.